The maximum atomic E-state index is 11.9. The van der Waals surface area contributed by atoms with Gasteiger partial charge in [0.15, 0.2) is 0 Å². The van der Waals surface area contributed by atoms with Crippen LogP contribution >= 0.6 is 0 Å². The Bertz CT molecular complexity index is 559. The molecule has 2 N–H and O–H groups in total. The van der Waals surface area contributed by atoms with Gasteiger partial charge in [0.05, 0.1) is 11.3 Å². The number of carbonyl (C=O) groups is 2. The van der Waals surface area contributed by atoms with Crippen LogP contribution in [-0.2, 0) is 16.0 Å². The summed E-state index contributed by atoms with van der Waals surface area (Å²) in [5, 5.41) is 19.2. The second-order valence-corrected chi connectivity index (χ2v) is 7.96. The Hall–Kier alpha value is -1.84. The first kappa shape index (κ1) is 21.2. The topological polar surface area (TPSA) is 74.6 Å². The Labute approximate surface area is 151 Å². The summed E-state index contributed by atoms with van der Waals surface area (Å²) in [5.74, 6) is -1.95. The summed E-state index contributed by atoms with van der Waals surface area (Å²) in [6, 6.07) is 9.65. The van der Waals surface area contributed by atoms with Crippen molar-refractivity contribution in [2.75, 3.05) is 0 Å². The van der Waals surface area contributed by atoms with Gasteiger partial charge in [0.1, 0.15) is 0 Å². The SMILES string of the molecule is CCC(CCCCC(Cc1ccccc1)C(=O)O)(C(=O)O)C(C)(C)C. The van der Waals surface area contributed by atoms with E-state index in [4.69, 9.17) is 0 Å². The van der Waals surface area contributed by atoms with E-state index in [1.165, 1.54) is 0 Å². The molecular formula is C21H32O4. The number of hydrogen-bond donors (Lipinski definition) is 2. The summed E-state index contributed by atoms with van der Waals surface area (Å²) in [5.41, 5.74) is -0.0624. The van der Waals surface area contributed by atoms with Crippen molar-refractivity contribution in [2.45, 2.75) is 66.2 Å². The number of carboxylic acid groups (broad SMARTS) is 2. The average molecular weight is 348 g/mol. The summed E-state index contributed by atoms with van der Waals surface area (Å²) in [6.45, 7) is 7.84. The van der Waals surface area contributed by atoms with Crippen molar-refractivity contribution in [1.82, 2.24) is 0 Å². The van der Waals surface area contributed by atoms with Gasteiger partial charge in [0, 0.05) is 0 Å². The molecule has 4 heteroatoms. The molecule has 2 atom stereocenters. The second-order valence-electron chi connectivity index (χ2n) is 7.96. The molecule has 0 saturated carbocycles. The molecule has 0 heterocycles. The van der Waals surface area contributed by atoms with Crippen molar-refractivity contribution in [3.8, 4) is 0 Å². The van der Waals surface area contributed by atoms with E-state index in [9.17, 15) is 19.8 Å². The molecule has 1 aromatic rings. The van der Waals surface area contributed by atoms with Crippen LogP contribution in [0.1, 0.15) is 65.4 Å². The van der Waals surface area contributed by atoms with Crippen LogP contribution in [0.15, 0.2) is 30.3 Å². The lowest BCUT2D eigenvalue weighted by molar-refractivity contribution is -0.157. The summed E-state index contributed by atoms with van der Waals surface area (Å²) < 4.78 is 0. The van der Waals surface area contributed by atoms with Crippen LogP contribution < -0.4 is 0 Å². The molecule has 140 valence electrons. The number of benzene rings is 1. The number of hydrogen-bond acceptors (Lipinski definition) is 2. The molecular weight excluding hydrogens is 316 g/mol. The highest BCUT2D eigenvalue weighted by Crippen LogP contribution is 2.46. The summed E-state index contributed by atoms with van der Waals surface area (Å²) in [7, 11) is 0. The van der Waals surface area contributed by atoms with Crippen LogP contribution in [0.2, 0.25) is 0 Å². The van der Waals surface area contributed by atoms with E-state index in [-0.39, 0.29) is 5.41 Å². The highest BCUT2D eigenvalue weighted by Gasteiger charge is 2.46. The Morgan fingerprint density at radius 1 is 1.04 bits per heavy atom. The lowest BCUT2D eigenvalue weighted by Crippen LogP contribution is -2.42. The minimum absolute atomic E-state index is 0.330. The number of unbranched alkanes of at least 4 members (excludes halogenated alkanes) is 1. The van der Waals surface area contributed by atoms with Crippen LogP contribution in [-0.4, -0.2) is 22.2 Å². The molecule has 0 radical (unpaired) electrons. The zero-order chi connectivity index (χ0) is 19.1. The standard InChI is InChI=1S/C21H32O4/c1-5-21(19(24)25,20(2,3)4)14-10-9-13-17(18(22)23)15-16-11-7-6-8-12-16/h6-8,11-12,17H,5,9-10,13-15H2,1-4H3,(H,22,23)(H,24,25). The van der Waals surface area contributed by atoms with Crippen LogP contribution in [0.4, 0.5) is 0 Å². The zero-order valence-electron chi connectivity index (χ0n) is 15.9. The zero-order valence-corrected chi connectivity index (χ0v) is 15.9. The molecule has 0 aromatic heterocycles. The highest BCUT2D eigenvalue weighted by molar-refractivity contribution is 5.75. The smallest absolute Gasteiger partial charge is 0.310 e. The third-order valence-corrected chi connectivity index (χ3v) is 5.53. The maximum Gasteiger partial charge on any atom is 0.310 e. The Morgan fingerprint density at radius 2 is 1.64 bits per heavy atom. The predicted octanol–water partition coefficient (Wildman–Crippen LogP) is 5.02. The minimum atomic E-state index is -0.778. The lowest BCUT2D eigenvalue weighted by atomic mass is 9.62. The van der Waals surface area contributed by atoms with Crippen LogP contribution in [0.5, 0.6) is 0 Å². The van der Waals surface area contributed by atoms with E-state index in [0.29, 0.717) is 25.7 Å². The van der Waals surface area contributed by atoms with Gasteiger partial charge < -0.3 is 10.2 Å². The molecule has 0 aliphatic carbocycles. The molecule has 2 unspecified atom stereocenters. The van der Waals surface area contributed by atoms with Gasteiger partial charge in [0.25, 0.3) is 0 Å². The second kappa shape index (κ2) is 9.02. The van der Waals surface area contributed by atoms with Gasteiger partial charge in [-0.1, -0.05) is 70.9 Å². The number of aliphatic carboxylic acids is 2. The number of carboxylic acids is 2. The fourth-order valence-electron chi connectivity index (χ4n) is 3.69. The third kappa shape index (κ3) is 5.58. The van der Waals surface area contributed by atoms with Gasteiger partial charge in [0.2, 0.25) is 0 Å². The Kier molecular flexibility index (Phi) is 7.65. The van der Waals surface area contributed by atoms with Crippen molar-refractivity contribution in [2.24, 2.45) is 16.7 Å². The molecule has 0 spiro atoms. The van der Waals surface area contributed by atoms with E-state index < -0.39 is 23.3 Å². The summed E-state index contributed by atoms with van der Waals surface area (Å²) in [6.07, 6.45) is 3.73. The average Bonchev–Trinajstić information content (AvgIpc) is 2.53. The fraction of sp³-hybridized carbons (Fsp3) is 0.619. The van der Waals surface area contributed by atoms with Crippen molar-refractivity contribution in [1.29, 1.82) is 0 Å². The van der Waals surface area contributed by atoms with Crippen molar-refractivity contribution < 1.29 is 19.8 Å². The molecule has 0 saturated heterocycles. The lowest BCUT2D eigenvalue weighted by Gasteiger charge is -2.41. The Morgan fingerprint density at radius 3 is 2.08 bits per heavy atom. The van der Waals surface area contributed by atoms with E-state index in [1.807, 2.05) is 58.0 Å². The first-order valence-corrected chi connectivity index (χ1v) is 9.14. The maximum absolute atomic E-state index is 11.9. The molecule has 0 fully saturated rings. The quantitative estimate of drug-likeness (QED) is 0.582. The molecule has 25 heavy (non-hydrogen) atoms. The molecule has 1 rings (SSSR count). The van der Waals surface area contributed by atoms with Gasteiger partial charge >= 0.3 is 11.9 Å². The van der Waals surface area contributed by atoms with Gasteiger partial charge in [-0.2, -0.15) is 0 Å². The van der Waals surface area contributed by atoms with Crippen molar-refractivity contribution >= 4 is 11.9 Å². The van der Waals surface area contributed by atoms with Gasteiger partial charge in [-0.3, -0.25) is 9.59 Å². The van der Waals surface area contributed by atoms with Crippen molar-refractivity contribution in [3.05, 3.63) is 35.9 Å². The molecule has 0 aliphatic heterocycles. The van der Waals surface area contributed by atoms with Crippen LogP contribution in [0, 0.1) is 16.7 Å². The molecule has 4 nitrogen and oxygen atoms in total. The van der Waals surface area contributed by atoms with Crippen molar-refractivity contribution in [3.63, 3.8) is 0 Å². The summed E-state index contributed by atoms with van der Waals surface area (Å²) >= 11 is 0. The first-order valence-electron chi connectivity index (χ1n) is 9.14. The largest absolute Gasteiger partial charge is 0.481 e. The van der Waals surface area contributed by atoms with Gasteiger partial charge in [-0.15, -0.1) is 0 Å². The van der Waals surface area contributed by atoms with E-state index >= 15 is 0 Å². The van der Waals surface area contributed by atoms with Crippen LogP contribution in [0.25, 0.3) is 0 Å². The highest BCUT2D eigenvalue weighted by atomic mass is 16.4. The number of rotatable bonds is 10. The monoisotopic (exact) mass is 348 g/mol. The molecule has 1 aromatic carbocycles. The molecule has 0 amide bonds. The predicted molar refractivity (Wildman–Crippen MR) is 99.6 cm³/mol. The molecule has 0 bridgehead atoms. The first-order chi connectivity index (χ1) is 11.6. The minimum Gasteiger partial charge on any atom is -0.481 e. The fourth-order valence-corrected chi connectivity index (χ4v) is 3.69. The van der Waals surface area contributed by atoms with Gasteiger partial charge in [-0.25, -0.2) is 0 Å². The normalized spacial score (nSPS) is 15.4. The Balaban J connectivity index is 2.63. The summed E-state index contributed by atoms with van der Waals surface area (Å²) in [4.78, 5) is 23.4. The van der Waals surface area contributed by atoms with E-state index in [2.05, 4.69) is 0 Å². The molecule has 0 aliphatic rings. The van der Waals surface area contributed by atoms with E-state index in [0.717, 1.165) is 18.4 Å². The third-order valence-electron chi connectivity index (χ3n) is 5.53. The van der Waals surface area contributed by atoms with Crippen LogP contribution in [0.3, 0.4) is 0 Å². The van der Waals surface area contributed by atoms with Gasteiger partial charge in [-0.05, 0) is 36.7 Å². The van der Waals surface area contributed by atoms with E-state index in [1.54, 1.807) is 0 Å².